The van der Waals surface area contributed by atoms with Crippen LogP contribution in [0.1, 0.15) is 21.5 Å². The standard InChI is InChI=1S/C18H19ClO5/c1-11-4-5-12(2)15(8-11)23-6-7-24-17-14(19)9-13(18(20)21)10-16(17)22-3/h4-5,8-10H,6-7H2,1-3H3,(H,20,21). The molecule has 0 aromatic heterocycles. The summed E-state index contributed by atoms with van der Waals surface area (Å²) in [5, 5.41) is 9.21. The van der Waals surface area contributed by atoms with Gasteiger partial charge in [0.15, 0.2) is 11.5 Å². The van der Waals surface area contributed by atoms with Crippen molar-refractivity contribution in [2.24, 2.45) is 0 Å². The van der Waals surface area contributed by atoms with E-state index in [1.165, 1.54) is 19.2 Å². The zero-order valence-electron chi connectivity index (χ0n) is 13.8. The third-order valence-corrected chi connectivity index (χ3v) is 3.69. The fourth-order valence-electron chi connectivity index (χ4n) is 2.14. The SMILES string of the molecule is COc1cc(C(=O)O)cc(Cl)c1OCCOc1cc(C)ccc1C. The Balaban J connectivity index is 2.01. The Bertz CT molecular complexity index is 742. The molecule has 2 rings (SSSR count). The van der Waals surface area contributed by atoms with E-state index in [-0.39, 0.29) is 22.9 Å². The van der Waals surface area contributed by atoms with E-state index in [1.807, 2.05) is 32.0 Å². The van der Waals surface area contributed by atoms with E-state index >= 15 is 0 Å². The third kappa shape index (κ3) is 4.32. The maximum absolute atomic E-state index is 11.0. The predicted molar refractivity (Wildman–Crippen MR) is 91.9 cm³/mol. The zero-order chi connectivity index (χ0) is 17.7. The van der Waals surface area contributed by atoms with Crippen LogP contribution in [0.15, 0.2) is 30.3 Å². The molecule has 0 bridgehead atoms. The highest BCUT2D eigenvalue weighted by Gasteiger charge is 2.15. The van der Waals surface area contributed by atoms with E-state index in [0.717, 1.165) is 16.9 Å². The second-order valence-electron chi connectivity index (χ2n) is 5.26. The van der Waals surface area contributed by atoms with E-state index in [0.29, 0.717) is 12.4 Å². The van der Waals surface area contributed by atoms with Gasteiger partial charge in [0.2, 0.25) is 0 Å². The van der Waals surface area contributed by atoms with E-state index in [4.69, 9.17) is 30.9 Å². The summed E-state index contributed by atoms with van der Waals surface area (Å²) in [4.78, 5) is 11.0. The van der Waals surface area contributed by atoms with Gasteiger partial charge in [0.05, 0.1) is 17.7 Å². The normalized spacial score (nSPS) is 10.3. The maximum atomic E-state index is 11.0. The van der Waals surface area contributed by atoms with Crippen LogP contribution in [0.25, 0.3) is 0 Å². The van der Waals surface area contributed by atoms with Crippen LogP contribution < -0.4 is 14.2 Å². The minimum Gasteiger partial charge on any atom is -0.493 e. The van der Waals surface area contributed by atoms with Gasteiger partial charge in [-0.15, -0.1) is 0 Å². The molecule has 0 aliphatic carbocycles. The van der Waals surface area contributed by atoms with Crippen molar-refractivity contribution >= 4 is 17.6 Å². The molecule has 128 valence electrons. The summed E-state index contributed by atoms with van der Waals surface area (Å²) in [6.07, 6.45) is 0. The van der Waals surface area contributed by atoms with Crippen molar-refractivity contribution in [2.75, 3.05) is 20.3 Å². The van der Waals surface area contributed by atoms with Gasteiger partial charge in [-0.25, -0.2) is 4.79 Å². The first-order valence-corrected chi connectivity index (χ1v) is 7.74. The maximum Gasteiger partial charge on any atom is 0.335 e. The van der Waals surface area contributed by atoms with Crippen LogP contribution in [0.5, 0.6) is 17.2 Å². The second-order valence-corrected chi connectivity index (χ2v) is 5.67. The summed E-state index contributed by atoms with van der Waals surface area (Å²) in [6.45, 7) is 4.54. The topological polar surface area (TPSA) is 65.0 Å². The summed E-state index contributed by atoms with van der Waals surface area (Å²) < 4.78 is 16.5. The van der Waals surface area contributed by atoms with Crippen LogP contribution in [0.4, 0.5) is 0 Å². The number of aromatic carboxylic acids is 1. The molecule has 0 spiro atoms. The number of ether oxygens (including phenoxy) is 3. The largest absolute Gasteiger partial charge is 0.493 e. The Hall–Kier alpha value is -2.40. The predicted octanol–water partition coefficient (Wildman–Crippen LogP) is 4.12. The van der Waals surface area contributed by atoms with Crippen molar-refractivity contribution in [3.8, 4) is 17.2 Å². The van der Waals surface area contributed by atoms with Crippen molar-refractivity contribution < 1.29 is 24.1 Å². The quantitative estimate of drug-likeness (QED) is 0.761. The fourth-order valence-corrected chi connectivity index (χ4v) is 2.41. The highest BCUT2D eigenvalue weighted by Crippen LogP contribution is 2.36. The Morgan fingerprint density at radius 1 is 1.08 bits per heavy atom. The van der Waals surface area contributed by atoms with Crippen molar-refractivity contribution in [2.45, 2.75) is 13.8 Å². The molecule has 0 saturated carbocycles. The molecule has 2 aromatic rings. The Labute approximate surface area is 145 Å². The molecule has 0 aliphatic heterocycles. The molecule has 0 unspecified atom stereocenters. The number of aryl methyl sites for hydroxylation is 2. The van der Waals surface area contributed by atoms with E-state index < -0.39 is 5.97 Å². The lowest BCUT2D eigenvalue weighted by atomic mass is 10.1. The van der Waals surface area contributed by atoms with E-state index in [1.54, 1.807) is 0 Å². The number of hydrogen-bond acceptors (Lipinski definition) is 4. The summed E-state index contributed by atoms with van der Waals surface area (Å²) >= 11 is 6.09. The third-order valence-electron chi connectivity index (χ3n) is 3.41. The molecule has 6 heteroatoms. The fraction of sp³-hybridized carbons (Fsp3) is 0.278. The van der Waals surface area contributed by atoms with E-state index in [2.05, 4.69) is 0 Å². The first kappa shape index (κ1) is 17.9. The molecule has 1 N–H and O–H groups in total. The molecule has 0 amide bonds. The molecule has 5 nitrogen and oxygen atoms in total. The van der Waals surface area contributed by atoms with Gasteiger partial charge in [-0.05, 0) is 43.2 Å². The smallest absolute Gasteiger partial charge is 0.335 e. The molecule has 2 aromatic carbocycles. The number of carbonyl (C=O) groups is 1. The van der Waals surface area contributed by atoms with Crippen LogP contribution in [0.3, 0.4) is 0 Å². The number of rotatable bonds is 7. The molecule has 0 atom stereocenters. The first-order chi connectivity index (χ1) is 11.4. The van der Waals surface area contributed by atoms with Gasteiger partial charge in [-0.3, -0.25) is 0 Å². The number of carboxylic acid groups (broad SMARTS) is 1. The number of benzene rings is 2. The lowest BCUT2D eigenvalue weighted by Gasteiger charge is -2.14. The van der Waals surface area contributed by atoms with E-state index in [9.17, 15) is 4.79 Å². The molecule has 24 heavy (non-hydrogen) atoms. The zero-order valence-corrected chi connectivity index (χ0v) is 14.5. The van der Waals surface area contributed by atoms with Crippen molar-refractivity contribution in [3.05, 3.63) is 52.0 Å². The highest BCUT2D eigenvalue weighted by atomic mass is 35.5. The molecule has 0 fully saturated rings. The van der Waals surface area contributed by atoms with Crippen LogP contribution in [-0.2, 0) is 0 Å². The average Bonchev–Trinajstić information content (AvgIpc) is 2.55. The number of hydrogen-bond donors (Lipinski definition) is 1. The van der Waals surface area contributed by atoms with Crippen molar-refractivity contribution in [1.82, 2.24) is 0 Å². The lowest BCUT2D eigenvalue weighted by Crippen LogP contribution is -2.11. The van der Waals surface area contributed by atoms with Gasteiger partial charge in [-0.2, -0.15) is 0 Å². The molecule has 0 saturated heterocycles. The average molecular weight is 351 g/mol. The van der Waals surface area contributed by atoms with Gasteiger partial charge in [0, 0.05) is 0 Å². The molecular formula is C18H19ClO5. The van der Waals surface area contributed by atoms with Gasteiger partial charge in [-0.1, -0.05) is 23.7 Å². The first-order valence-electron chi connectivity index (χ1n) is 7.36. The van der Waals surface area contributed by atoms with Crippen LogP contribution >= 0.6 is 11.6 Å². The van der Waals surface area contributed by atoms with Gasteiger partial charge in [0.1, 0.15) is 19.0 Å². The highest BCUT2D eigenvalue weighted by molar-refractivity contribution is 6.32. The molecular weight excluding hydrogens is 332 g/mol. The van der Waals surface area contributed by atoms with Crippen LogP contribution in [0.2, 0.25) is 5.02 Å². The summed E-state index contributed by atoms with van der Waals surface area (Å²) in [7, 11) is 1.43. The molecule has 0 heterocycles. The number of carboxylic acids is 1. The monoisotopic (exact) mass is 350 g/mol. The Morgan fingerprint density at radius 3 is 2.46 bits per heavy atom. The summed E-state index contributed by atoms with van der Waals surface area (Å²) in [5.41, 5.74) is 2.20. The van der Waals surface area contributed by atoms with Gasteiger partial charge >= 0.3 is 5.97 Å². The minimum atomic E-state index is -1.08. The number of methoxy groups -OCH3 is 1. The van der Waals surface area contributed by atoms with Crippen molar-refractivity contribution in [3.63, 3.8) is 0 Å². The summed E-state index contributed by atoms with van der Waals surface area (Å²) in [6, 6.07) is 8.68. The molecule has 0 radical (unpaired) electrons. The summed E-state index contributed by atoms with van der Waals surface area (Å²) in [5.74, 6) is 0.290. The van der Waals surface area contributed by atoms with Gasteiger partial charge < -0.3 is 19.3 Å². The van der Waals surface area contributed by atoms with Gasteiger partial charge in [0.25, 0.3) is 0 Å². The minimum absolute atomic E-state index is 0.0378. The Kier molecular flexibility index (Phi) is 5.93. The lowest BCUT2D eigenvalue weighted by molar-refractivity contribution is 0.0696. The van der Waals surface area contributed by atoms with Crippen molar-refractivity contribution in [1.29, 1.82) is 0 Å². The molecule has 0 aliphatic rings. The number of halogens is 1. The van der Waals surface area contributed by atoms with Crippen LogP contribution in [-0.4, -0.2) is 31.4 Å². The second kappa shape index (κ2) is 7.93. The van der Waals surface area contributed by atoms with Crippen LogP contribution in [0, 0.1) is 13.8 Å². The Morgan fingerprint density at radius 2 is 1.79 bits per heavy atom.